The third-order valence-corrected chi connectivity index (χ3v) is 3.09. The normalized spacial score (nSPS) is 9.92. The van der Waals surface area contributed by atoms with E-state index in [1.54, 1.807) is 13.2 Å². The van der Waals surface area contributed by atoms with Crippen molar-refractivity contribution in [2.24, 2.45) is 0 Å². The van der Waals surface area contributed by atoms with E-state index < -0.39 is 0 Å². The highest BCUT2D eigenvalue weighted by molar-refractivity contribution is 14.1. The lowest BCUT2D eigenvalue weighted by molar-refractivity contribution is 0.370. The summed E-state index contributed by atoms with van der Waals surface area (Å²) in [6, 6.07) is 1.55. The number of halogens is 2. The van der Waals surface area contributed by atoms with Gasteiger partial charge in [-0.15, -0.1) is 0 Å². The molecule has 0 fully saturated rings. The fraction of sp³-hybridized carbons (Fsp3) is 0.333. The topological polar surface area (TPSA) is 18.5 Å². The molecular weight excluding hydrogens is 286 g/mol. The van der Waals surface area contributed by atoms with Crippen molar-refractivity contribution in [3.63, 3.8) is 0 Å². The van der Waals surface area contributed by atoms with Crippen LogP contribution in [0.2, 0.25) is 0 Å². The Balaban J connectivity index is 3.36. The monoisotopic (exact) mass is 296 g/mol. The van der Waals surface area contributed by atoms with Gasteiger partial charge in [0.05, 0.1) is 17.8 Å². The van der Waals surface area contributed by atoms with E-state index >= 15 is 0 Å². The number of ether oxygens (including phenoxy) is 2. The van der Waals surface area contributed by atoms with Crippen LogP contribution in [-0.2, 0) is 0 Å². The van der Waals surface area contributed by atoms with Crippen LogP contribution < -0.4 is 9.47 Å². The van der Waals surface area contributed by atoms with Crippen LogP contribution in [0.1, 0.15) is 5.56 Å². The molecule has 4 heteroatoms. The lowest BCUT2D eigenvalue weighted by Gasteiger charge is -2.10. The second-order valence-corrected chi connectivity index (χ2v) is 3.61. The first-order chi connectivity index (χ1) is 6.11. The lowest BCUT2D eigenvalue weighted by atomic mass is 10.2. The Hall–Kier alpha value is -0.520. The molecule has 0 spiro atoms. The molecule has 0 heterocycles. The molecule has 0 aliphatic heterocycles. The highest BCUT2D eigenvalue weighted by Crippen LogP contribution is 2.32. The summed E-state index contributed by atoms with van der Waals surface area (Å²) < 4.78 is 23.9. The predicted molar refractivity (Wildman–Crippen MR) is 57.0 cm³/mol. The molecule has 0 aliphatic rings. The van der Waals surface area contributed by atoms with Gasteiger partial charge in [-0.05, 0) is 29.5 Å². The Morgan fingerprint density at radius 1 is 1.23 bits per heavy atom. The quantitative estimate of drug-likeness (QED) is 0.781. The summed E-state index contributed by atoms with van der Waals surface area (Å²) in [4.78, 5) is 0. The van der Waals surface area contributed by atoms with Crippen LogP contribution in [0.4, 0.5) is 4.39 Å². The Morgan fingerprint density at radius 3 is 2.23 bits per heavy atom. The van der Waals surface area contributed by atoms with Gasteiger partial charge in [-0.25, -0.2) is 4.39 Å². The smallest absolute Gasteiger partial charge is 0.178 e. The standard InChI is InChI=1S/C9H10FIO2/c1-5-6(12-2)4-7(13-3)8(10)9(5)11/h4H,1-3H3. The van der Waals surface area contributed by atoms with Gasteiger partial charge in [0, 0.05) is 11.6 Å². The zero-order valence-corrected chi connectivity index (χ0v) is 9.81. The van der Waals surface area contributed by atoms with Crippen LogP contribution in [0.15, 0.2) is 6.07 Å². The first kappa shape index (κ1) is 10.6. The maximum Gasteiger partial charge on any atom is 0.178 e. The molecule has 0 saturated carbocycles. The van der Waals surface area contributed by atoms with E-state index in [0.29, 0.717) is 9.32 Å². The minimum Gasteiger partial charge on any atom is -0.496 e. The maximum absolute atomic E-state index is 13.4. The van der Waals surface area contributed by atoms with E-state index in [0.717, 1.165) is 5.56 Å². The summed E-state index contributed by atoms with van der Waals surface area (Å²) in [5.41, 5.74) is 0.793. The molecule has 0 amide bonds. The van der Waals surface area contributed by atoms with Crippen molar-refractivity contribution in [2.75, 3.05) is 14.2 Å². The van der Waals surface area contributed by atoms with Crippen LogP contribution >= 0.6 is 22.6 Å². The van der Waals surface area contributed by atoms with Gasteiger partial charge in [-0.2, -0.15) is 0 Å². The number of benzene rings is 1. The summed E-state index contributed by atoms with van der Waals surface area (Å²) in [6.45, 7) is 1.81. The molecule has 1 aromatic carbocycles. The van der Waals surface area contributed by atoms with Gasteiger partial charge in [0.15, 0.2) is 11.6 Å². The molecule has 1 aromatic rings. The fourth-order valence-corrected chi connectivity index (χ4v) is 1.56. The summed E-state index contributed by atoms with van der Waals surface area (Å²) >= 11 is 1.93. The Kier molecular flexibility index (Phi) is 3.35. The van der Waals surface area contributed by atoms with Crippen LogP contribution in [0.3, 0.4) is 0 Å². The van der Waals surface area contributed by atoms with Crippen LogP contribution in [0.25, 0.3) is 0 Å². The van der Waals surface area contributed by atoms with Crippen molar-refractivity contribution in [3.8, 4) is 11.5 Å². The van der Waals surface area contributed by atoms with Crippen LogP contribution in [-0.4, -0.2) is 14.2 Å². The third-order valence-electron chi connectivity index (χ3n) is 1.81. The Morgan fingerprint density at radius 2 is 1.77 bits per heavy atom. The van der Waals surface area contributed by atoms with Gasteiger partial charge in [-0.1, -0.05) is 0 Å². The lowest BCUT2D eigenvalue weighted by Crippen LogP contribution is -1.97. The van der Waals surface area contributed by atoms with Crippen LogP contribution in [0.5, 0.6) is 11.5 Å². The van der Waals surface area contributed by atoms with Crippen molar-refractivity contribution in [1.29, 1.82) is 0 Å². The average Bonchev–Trinajstić information content (AvgIpc) is 2.15. The molecule has 1 rings (SSSR count). The molecule has 0 N–H and O–H groups in total. The van der Waals surface area contributed by atoms with E-state index in [-0.39, 0.29) is 11.6 Å². The molecule has 0 unspecified atom stereocenters. The molecule has 0 atom stereocenters. The number of hydrogen-bond acceptors (Lipinski definition) is 2. The summed E-state index contributed by atoms with van der Waals surface area (Å²) in [5.74, 6) is 0.524. The van der Waals surface area contributed by atoms with Crippen molar-refractivity contribution in [3.05, 3.63) is 21.0 Å². The highest BCUT2D eigenvalue weighted by Gasteiger charge is 2.14. The third kappa shape index (κ3) is 1.87. The zero-order chi connectivity index (χ0) is 10.0. The predicted octanol–water partition coefficient (Wildman–Crippen LogP) is 2.76. The molecule has 0 aliphatic carbocycles. The zero-order valence-electron chi connectivity index (χ0n) is 7.65. The van der Waals surface area contributed by atoms with E-state index in [2.05, 4.69) is 0 Å². The number of methoxy groups -OCH3 is 2. The summed E-state index contributed by atoms with van der Waals surface area (Å²) in [6.07, 6.45) is 0. The number of hydrogen-bond donors (Lipinski definition) is 0. The van der Waals surface area contributed by atoms with Gasteiger partial charge in [0.2, 0.25) is 0 Å². The maximum atomic E-state index is 13.4. The average molecular weight is 296 g/mol. The first-order valence-electron chi connectivity index (χ1n) is 3.68. The minimum absolute atomic E-state index is 0.215. The van der Waals surface area contributed by atoms with Crippen molar-refractivity contribution < 1.29 is 13.9 Å². The summed E-state index contributed by atoms with van der Waals surface area (Å²) in [7, 11) is 2.99. The van der Waals surface area contributed by atoms with Crippen LogP contribution in [0, 0.1) is 16.3 Å². The van der Waals surface area contributed by atoms with Crippen molar-refractivity contribution in [1.82, 2.24) is 0 Å². The molecule has 0 radical (unpaired) electrons. The minimum atomic E-state index is -0.332. The fourth-order valence-electron chi connectivity index (χ4n) is 1.03. The SMILES string of the molecule is COc1cc(OC)c(F)c(I)c1C. The van der Waals surface area contributed by atoms with Gasteiger partial charge < -0.3 is 9.47 Å². The first-order valence-corrected chi connectivity index (χ1v) is 4.76. The molecule has 0 aromatic heterocycles. The number of rotatable bonds is 2. The molecule has 0 saturated heterocycles. The highest BCUT2D eigenvalue weighted by atomic mass is 127. The Labute approximate surface area is 90.2 Å². The van der Waals surface area contributed by atoms with E-state index in [4.69, 9.17) is 9.47 Å². The van der Waals surface area contributed by atoms with E-state index in [1.807, 2.05) is 29.5 Å². The second kappa shape index (κ2) is 4.13. The van der Waals surface area contributed by atoms with E-state index in [9.17, 15) is 4.39 Å². The largest absolute Gasteiger partial charge is 0.496 e. The molecule has 0 bridgehead atoms. The van der Waals surface area contributed by atoms with Gasteiger partial charge in [0.1, 0.15) is 5.75 Å². The Bertz CT molecular complexity index is 298. The molecular formula is C9H10FIO2. The molecule has 13 heavy (non-hydrogen) atoms. The van der Waals surface area contributed by atoms with Gasteiger partial charge >= 0.3 is 0 Å². The van der Waals surface area contributed by atoms with E-state index in [1.165, 1.54) is 7.11 Å². The molecule has 72 valence electrons. The molecule has 2 nitrogen and oxygen atoms in total. The van der Waals surface area contributed by atoms with Gasteiger partial charge in [-0.3, -0.25) is 0 Å². The van der Waals surface area contributed by atoms with Gasteiger partial charge in [0.25, 0.3) is 0 Å². The van der Waals surface area contributed by atoms with Crippen molar-refractivity contribution >= 4 is 22.6 Å². The summed E-state index contributed by atoms with van der Waals surface area (Å²) in [5, 5.41) is 0. The second-order valence-electron chi connectivity index (χ2n) is 2.53. The van der Waals surface area contributed by atoms with Crippen molar-refractivity contribution in [2.45, 2.75) is 6.92 Å².